The standard InChI is InChI=1S/C14H26N2O/c1-13-4-3-9-16(10-13)11-14(12-17-2)5-7-15-8-6-14/h4,15H,3,5-12H2,1-2H3. The highest BCUT2D eigenvalue weighted by molar-refractivity contribution is 5.05. The molecule has 0 radical (unpaired) electrons. The quantitative estimate of drug-likeness (QED) is 0.754. The molecular weight excluding hydrogens is 212 g/mol. The lowest BCUT2D eigenvalue weighted by Gasteiger charge is -2.41. The van der Waals surface area contributed by atoms with Gasteiger partial charge in [-0.2, -0.15) is 0 Å². The van der Waals surface area contributed by atoms with E-state index in [1.54, 1.807) is 0 Å². The Kier molecular flexibility index (Phi) is 4.60. The maximum Gasteiger partial charge on any atom is 0.0531 e. The predicted octanol–water partition coefficient (Wildman–Crippen LogP) is 1.65. The van der Waals surface area contributed by atoms with Crippen LogP contribution in [0.1, 0.15) is 26.2 Å². The summed E-state index contributed by atoms with van der Waals surface area (Å²) in [4.78, 5) is 2.61. The molecule has 3 heteroatoms. The molecule has 0 aromatic rings. The van der Waals surface area contributed by atoms with E-state index < -0.39 is 0 Å². The summed E-state index contributed by atoms with van der Waals surface area (Å²) in [5, 5.41) is 3.46. The van der Waals surface area contributed by atoms with E-state index in [1.807, 2.05) is 7.11 Å². The van der Waals surface area contributed by atoms with Gasteiger partial charge in [-0.25, -0.2) is 0 Å². The number of nitrogens with zero attached hydrogens (tertiary/aromatic N) is 1. The highest BCUT2D eigenvalue weighted by Crippen LogP contribution is 2.31. The molecule has 2 aliphatic rings. The third kappa shape index (κ3) is 3.54. The van der Waals surface area contributed by atoms with Gasteiger partial charge in [0.1, 0.15) is 0 Å². The maximum absolute atomic E-state index is 5.48. The first-order valence-corrected chi connectivity index (χ1v) is 6.82. The molecule has 1 N–H and O–H groups in total. The summed E-state index contributed by atoms with van der Waals surface area (Å²) in [6, 6.07) is 0. The van der Waals surface area contributed by atoms with E-state index in [9.17, 15) is 0 Å². The second-order valence-electron chi connectivity index (χ2n) is 5.73. The van der Waals surface area contributed by atoms with Crippen LogP contribution in [0.25, 0.3) is 0 Å². The molecule has 98 valence electrons. The summed E-state index contributed by atoms with van der Waals surface area (Å²) in [5.41, 5.74) is 1.91. The highest BCUT2D eigenvalue weighted by atomic mass is 16.5. The number of piperidine rings is 1. The number of hydrogen-bond acceptors (Lipinski definition) is 3. The van der Waals surface area contributed by atoms with Crippen LogP contribution < -0.4 is 5.32 Å². The Hall–Kier alpha value is -0.380. The molecule has 0 atom stereocenters. The van der Waals surface area contributed by atoms with Gasteiger partial charge >= 0.3 is 0 Å². The molecule has 0 aliphatic carbocycles. The topological polar surface area (TPSA) is 24.5 Å². The molecule has 0 bridgehead atoms. The van der Waals surface area contributed by atoms with E-state index in [0.717, 1.165) is 26.2 Å². The van der Waals surface area contributed by atoms with Crippen molar-refractivity contribution in [2.75, 3.05) is 46.4 Å². The van der Waals surface area contributed by atoms with Crippen molar-refractivity contribution in [2.45, 2.75) is 26.2 Å². The van der Waals surface area contributed by atoms with Crippen molar-refractivity contribution in [3.8, 4) is 0 Å². The maximum atomic E-state index is 5.48. The van der Waals surface area contributed by atoms with E-state index >= 15 is 0 Å². The molecule has 1 saturated heterocycles. The largest absolute Gasteiger partial charge is 0.384 e. The summed E-state index contributed by atoms with van der Waals surface area (Å²) in [6.07, 6.45) is 6.09. The smallest absolute Gasteiger partial charge is 0.0531 e. The van der Waals surface area contributed by atoms with Crippen LogP contribution >= 0.6 is 0 Å². The Labute approximate surface area is 105 Å². The first kappa shape index (κ1) is 13.1. The molecule has 0 unspecified atom stereocenters. The number of nitrogens with one attached hydrogen (secondary N) is 1. The number of hydrogen-bond donors (Lipinski definition) is 1. The lowest BCUT2D eigenvalue weighted by atomic mass is 9.79. The van der Waals surface area contributed by atoms with E-state index in [-0.39, 0.29) is 0 Å². The van der Waals surface area contributed by atoms with Gasteiger partial charge in [-0.1, -0.05) is 11.6 Å². The number of rotatable bonds is 4. The van der Waals surface area contributed by atoms with Crippen LogP contribution in [-0.2, 0) is 4.74 Å². The van der Waals surface area contributed by atoms with Gasteiger partial charge in [-0.3, -0.25) is 4.90 Å². The zero-order valence-electron chi connectivity index (χ0n) is 11.3. The first-order valence-electron chi connectivity index (χ1n) is 6.82. The SMILES string of the molecule is COCC1(CN2CCC=C(C)C2)CCNCC1. The van der Waals surface area contributed by atoms with Gasteiger partial charge in [-0.05, 0) is 39.3 Å². The molecular formula is C14H26N2O. The molecule has 0 spiro atoms. The Morgan fingerprint density at radius 3 is 2.82 bits per heavy atom. The van der Waals surface area contributed by atoms with Gasteiger partial charge in [0.2, 0.25) is 0 Å². The molecule has 17 heavy (non-hydrogen) atoms. The Morgan fingerprint density at radius 1 is 1.41 bits per heavy atom. The monoisotopic (exact) mass is 238 g/mol. The highest BCUT2D eigenvalue weighted by Gasteiger charge is 2.34. The van der Waals surface area contributed by atoms with Gasteiger partial charge in [-0.15, -0.1) is 0 Å². The molecule has 0 amide bonds. The second-order valence-corrected chi connectivity index (χ2v) is 5.73. The van der Waals surface area contributed by atoms with Crippen LogP contribution in [0.4, 0.5) is 0 Å². The van der Waals surface area contributed by atoms with Gasteiger partial charge in [0.15, 0.2) is 0 Å². The van der Waals surface area contributed by atoms with Gasteiger partial charge in [0.25, 0.3) is 0 Å². The van der Waals surface area contributed by atoms with Crippen molar-refractivity contribution in [2.24, 2.45) is 5.41 Å². The van der Waals surface area contributed by atoms with Crippen LogP contribution in [0, 0.1) is 5.41 Å². The second kappa shape index (κ2) is 5.98. The summed E-state index contributed by atoms with van der Waals surface area (Å²) in [6.45, 7) is 9.02. The van der Waals surface area contributed by atoms with Crippen molar-refractivity contribution < 1.29 is 4.74 Å². The molecule has 0 aromatic carbocycles. The zero-order chi connectivity index (χ0) is 12.1. The third-order valence-corrected chi connectivity index (χ3v) is 4.08. The minimum atomic E-state index is 0.387. The zero-order valence-corrected chi connectivity index (χ0v) is 11.3. The third-order valence-electron chi connectivity index (χ3n) is 4.08. The van der Waals surface area contributed by atoms with Crippen molar-refractivity contribution in [3.05, 3.63) is 11.6 Å². The van der Waals surface area contributed by atoms with E-state index in [0.29, 0.717) is 5.41 Å². The Balaban J connectivity index is 1.94. The Bertz CT molecular complexity index is 264. The first-order chi connectivity index (χ1) is 8.24. The summed E-state index contributed by atoms with van der Waals surface area (Å²) in [7, 11) is 1.84. The molecule has 1 fully saturated rings. The van der Waals surface area contributed by atoms with Crippen molar-refractivity contribution in [1.82, 2.24) is 10.2 Å². The van der Waals surface area contributed by atoms with E-state index in [1.165, 1.54) is 37.9 Å². The van der Waals surface area contributed by atoms with Gasteiger partial charge in [0, 0.05) is 32.2 Å². The van der Waals surface area contributed by atoms with Crippen molar-refractivity contribution in [3.63, 3.8) is 0 Å². The lowest BCUT2D eigenvalue weighted by molar-refractivity contribution is 0.0239. The summed E-state index contributed by atoms with van der Waals surface area (Å²) >= 11 is 0. The number of methoxy groups -OCH3 is 1. The fourth-order valence-electron chi connectivity index (χ4n) is 3.21. The van der Waals surface area contributed by atoms with Crippen LogP contribution in [0.2, 0.25) is 0 Å². The van der Waals surface area contributed by atoms with Crippen molar-refractivity contribution >= 4 is 0 Å². The fourth-order valence-corrected chi connectivity index (χ4v) is 3.21. The van der Waals surface area contributed by atoms with Crippen LogP contribution in [0.3, 0.4) is 0 Å². The normalized spacial score (nSPS) is 25.6. The van der Waals surface area contributed by atoms with E-state index in [4.69, 9.17) is 4.74 Å². The average molecular weight is 238 g/mol. The molecule has 2 rings (SSSR count). The predicted molar refractivity (Wildman–Crippen MR) is 71.2 cm³/mol. The fraction of sp³-hybridized carbons (Fsp3) is 0.857. The van der Waals surface area contributed by atoms with E-state index in [2.05, 4.69) is 23.2 Å². The van der Waals surface area contributed by atoms with Crippen LogP contribution in [0.15, 0.2) is 11.6 Å². The average Bonchev–Trinajstić information content (AvgIpc) is 2.30. The molecule has 2 aliphatic heterocycles. The number of ether oxygens (including phenoxy) is 1. The van der Waals surface area contributed by atoms with Crippen LogP contribution in [0.5, 0.6) is 0 Å². The molecule has 2 heterocycles. The lowest BCUT2D eigenvalue weighted by Crippen LogP contribution is -2.48. The minimum absolute atomic E-state index is 0.387. The molecule has 0 aromatic heterocycles. The Morgan fingerprint density at radius 2 is 2.18 bits per heavy atom. The summed E-state index contributed by atoms with van der Waals surface area (Å²) in [5.74, 6) is 0. The van der Waals surface area contributed by atoms with Crippen LogP contribution in [-0.4, -0.2) is 51.3 Å². The minimum Gasteiger partial charge on any atom is -0.384 e. The molecule has 3 nitrogen and oxygen atoms in total. The summed E-state index contributed by atoms with van der Waals surface area (Å²) < 4.78 is 5.48. The van der Waals surface area contributed by atoms with Gasteiger partial charge in [0.05, 0.1) is 6.61 Å². The van der Waals surface area contributed by atoms with Gasteiger partial charge < -0.3 is 10.1 Å². The molecule has 0 saturated carbocycles. The van der Waals surface area contributed by atoms with Crippen molar-refractivity contribution in [1.29, 1.82) is 0 Å².